The number of hydrogen-bond acceptors (Lipinski definition) is 3. The number of carbonyl (C=O) groups excluding carboxylic acids is 1. The predicted molar refractivity (Wildman–Crippen MR) is 68.2 cm³/mol. The molecule has 1 aromatic rings. The summed E-state index contributed by atoms with van der Waals surface area (Å²) in [4.78, 5) is 35.9. The molecule has 0 aliphatic heterocycles. The summed E-state index contributed by atoms with van der Waals surface area (Å²) in [5.41, 5.74) is -0.446. The molecule has 2 amide bonds. The van der Waals surface area contributed by atoms with E-state index in [1.54, 1.807) is 6.92 Å². The highest BCUT2D eigenvalue weighted by molar-refractivity contribution is 6.18. The fourth-order valence-electron chi connectivity index (χ4n) is 1.30. The maximum atomic E-state index is 11.4. The Balaban J connectivity index is 2.49. The largest absolute Gasteiger partial charge is 0.337 e. The van der Waals surface area contributed by atoms with Crippen LogP contribution < -0.4 is 21.9 Å². The van der Waals surface area contributed by atoms with E-state index in [4.69, 9.17) is 11.6 Å². The number of urea groups is 1. The molecule has 1 heterocycles. The van der Waals surface area contributed by atoms with Crippen LogP contribution in [0.2, 0.25) is 0 Å². The second kappa shape index (κ2) is 6.85. The molecule has 8 heteroatoms. The zero-order chi connectivity index (χ0) is 13.5. The molecular formula is C10H15ClN4O3. The summed E-state index contributed by atoms with van der Waals surface area (Å²) in [7, 11) is 0. The Labute approximate surface area is 108 Å². The van der Waals surface area contributed by atoms with Gasteiger partial charge in [-0.15, -0.1) is 11.6 Å². The van der Waals surface area contributed by atoms with Crippen LogP contribution in [0.3, 0.4) is 0 Å². The van der Waals surface area contributed by atoms with Crippen molar-refractivity contribution in [3.05, 3.63) is 32.6 Å². The highest BCUT2D eigenvalue weighted by Crippen LogP contribution is 1.83. The first-order valence-electron chi connectivity index (χ1n) is 5.42. The van der Waals surface area contributed by atoms with E-state index in [9.17, 15) is 14.4 Å². The van der Waals surface area contributed by atoms with E-state index >= 15 is 0 Å². The number of nitrogens with one attached hydrogen (secondary N) is 3. The van der Waals surface area contributed by atoms with Crippen LogP contribution in [0.5, 0.6) is 0 Å². The van der Waals surface area contributed by atoms with E-state index in [2.05, 4.69) is 15.6 Å². The third-order valence-electron chi connectivity index (χ3n) is 2.21. The van der Waals surface area contributed by atoms with Crippen molar-refractivity contribution in [3.8, 4) is 0 Å². The monoisotopic (exact) mass is 274 g/mol. The van der Waals surface area contributed by atoms with Crippen molar-refractivity contribution in [2.75, 3.05) is 19.0 Å². The van der Waals surface area contributed by atoms with Crippen LogP contribution in [0, 0.1) is 6.92 Å². The van der Waals surface area contributed by atoms with Crippen molar-refractivity contribution in [1.29, 1.82) is 0 Å². The van der Waals surface area contributed by atoms with Crippen molar-refractivity contribution in [2.24, 2.45) is 0 Å². The number of nitrogens with zero attached hydrogens (tertiary/aromatic N) is 1. The summed E-state index contributed by atoms with van der Waals surface area (Å²) in [6.45, 7) is 2.55. The van der Waals surface area contributed by atoms with E-state index in [1.165, 1.54) is 10.8 Å². The molecule has 18 heavy (non-hydrogen) atoms. The summed E-state index contributed by atoms with van der Waals surface area (Å²) >= 11 is 5.41. The van der Waals surface area contributed by atoms with Crippen molar-refractivity contribution in [3.63, 3.8) is 0 Å². The van der Waals surface area contributed by atoms with Crippen LogP contribution in [0.15, 0.2) is 15.8 Å². The molecule has 0 aromatic carbocycles. The van der Waals surface area contributed by atoms with Crippen molar-refractivity contribution in [1.82, 2.24) is 20.2 Å². The zero-order valence-electron chi connectivity index (χ0n) is 9.96. The molecular weight excluding hydrogens is 260 g/mol. The summed E-state index contributed by atoms with van der Waals surface area (Å²) in [5.74, 6) is 0.339. The lowest BCUT2D eigenvalue weighted by atomic mass is 10.4. The van der Waals surface area contributed by atoms with Crippen molar-refractivity contribution < 1.29 is 4.79 Å². The Morgan fingerprint density at radius 2 is 2.06 bits per heavy atom. The van der Waals surface area contributed by atoms with E-state index in [0.717, 1.165) is 0 Å². The second-order valence-electron chi connectivity index (χ2n) is 3.64. The van der Waals surface area contributed by atoms with Gasteiger partial charge in [-0.2, -0.15) is 0 Å². The van der Waals surface area contributed by atoms with Crippen LogP contribution in [-0.4, -0.2) is 34.6 Å². The lowest BCUT2D eigenvalue weighted by molar-refractivity contribution is 0.241. The number of hydrogen-bond donors (Lipinski definition) is 3. The van der Waals surface area contributed by atoms with Gasteiger partial charge in [-0.1, -0.05) is 0 Å². The van der Waals surface area contributed by atoms with Gasteiger partial charge in [0.05, 0.1) is 0 Å². The minimum absolute atomic E-state index is 0.277. The molecule has 100 valence electrons. The van der Waals surface area contributed by atoms with E-state index in [-0.39, 0.29) is 19.1 Å². The van der Waals surface area contributed by atoms with Gasteiger partial charge in [0.15, 0.2) is 0 Å². The quantitative estimate of drug-likeness (QED) is 0.625. The molecule has 0 aliphatic rings. The molecule has 0 unspecified atom stereocenters. The first-order chi connectivity index (χ1) is 8.54. The molecule has 0 radical (unpaired) electrons. The minimum atomic E-state index is -0.492. The van der Waals surface area contributed by atoms with Gasteiger partial charge in [0.1, 0.15) is 0 Å². The SMILES string of the molecule is Cc1cn(CCNC(=O)NCCCl)c(=O)[nH]c1=O. The number of aryl methyl sites for hydroxylation is 1. The molecule has 1 aromatic heterocycles. The fourth-order valence-corrected chi connectivity index (χ4v) is 1.39. The number of aromatic nitrogens is 2. The average Bonchev–Trinajstić information content (AvgIpc) is 2.33. The van der Waals surface area contributed by atoms with Crippen LogP contribution >= 0.6 is 11.6 Å². The number of amides is 2. The maximum Gasteiger partial charge on any atom is 0.328 e. The third kappa shape index (κ3) is 4.25. The maximum absolute atomic E-state index is 11.4. The number of halogens is 1. The third-order valence-corrected chi connectivity index (χ3v) is 2.40. The lowest BCUT2D eigenvalue weighted by Gasteiger charge is -2.08. The molecule has 7 nitrogen and oxygen atoms in total. The summed E-state index contributed by atoms with van der Waals surface area (Å²) in [5, 5.41) is 5.09. The second-order valence-corrected chi connectivity index (χ2v) is 4.01. The van der Waals surface area contributed by atoms with Gasteiger partial charge in [-0.05, 0) is 6.92 Å². The van der Waals surface area contributed by atoms with Crippen molar-refractivity contribution in [2.45, 2.75) is 13.5 Å². The molecule has 3 N–H and O–H groups in total. The highest BCUT2D eigenvalue weighted by atomic mass is 35.5. The Morgan fingerprint density at radius 1 is 1.39 bits per heavy atom. The Bertz CT molecular complexity index is 523. The van der Waals surface area contributed by atoms with Gasteiger partial charge in [0.25, 0.3) is 5.56 Å². The zero-order valence-corrected chi connectivity index (χ0v) is 10.7. The molecule has 0 saturated heterocycles. The van der Waals surface area contributed by atoms with Gasteiger partial charge in [0.2, 0.25) is 0 Å². The lowest BCUT2D eigenvalue weighted by Crippen LogP contribution is -2.40. The first kappa shape index (κ1) is 14.3. The van der Waals surface area contributed by atoms with Gasteiger partial charge in [-0.25, -0.2) is 9.59 Å². The van der Waals surface area contributed by atoms with Gasteiger partial charge in [-0.3, -0.25) is 14.3 Å². The fraction of sp³-hybridized carbons (Fsp3) is 0.500. The molecule has 0 atom stereocenters. The average molecular weight is 275 g/mol. The van der Waals surface area contributed by atoms with Crippen LogP contribution in [0.25, 0.3) is 0 Å². The number of alkyl halides is 1. The van der Waals surface area contributed by atoms with E-state index in [0.29, 0.717) is 18.0 Å². The van der Waals surface area contributed by atoms with E-state index in [1.807, 2.05) is 0 Å². The molecule has 1 rings (SSSR count). The van der Waals surface area contributed by atoms with Gasteiger partial charge >= 0.3 is 11.7 Å². The smallest absolute Gasteiger partial charge is 0.328 e. The standard InChI is InChI=1S/C10H15ClN4O3/c1-7-6-15(10(18)14-8(7)16)5-4-13-9(17)12-3-2-11/h6H,2-5H2,1H3,(H2,12,13,17)(H,14,16,18). The summed E-state index contributed by atoms with van der Waals surface area (Å²) < 4.78 is 1.33. The van der Waals surface area contributed by atoms with Crippen LogP contribution in [-0.2, 0) is 6.54 Å². The van der Waals surface area contributed by atoms with Crippen molar-refractivity contribution >= 4 is 17.6 Å². The Morgan fingerprint density at radius 3 is 2.72 bits per heavy atom. The molecule has 0 fully saturated rings. The van der Waals surface area contributed by atoms with Crippen LogP contribution in [0.1, 0.15) is 5.56 Å². The van der Waals surface area contributed by atoms with Crippen LogP contribution in [0.4, 0.5) is 4.79 Å². The summed E-state index contributed by atoms with van der Waals surface area (Å²) in [6.07, 6.45) is 1.46. The predicted octanol–water partition coefficient (Wildman–Crippen LogP) is -0.617. The Hall–Kier alpha value is -1.76. The molecule has 0 saturated carbocycles. The Kier molecular flexibility index (Phi) is 5.44. The van der Waals surface area contributed by atoms with E-state index < -0.39 is 11.2 Å². The molecule has 0 aliphatic carbocycles. The van der Waals surface area contributed by atoms with Gasteiger partial charge < -0.3 is 10.6 Å². The molecule has 0 bridgehead atoms. The number of rotatable bonds is 5. The summed E-state index contributed by atoms with van der Waals surface area (Å²) in [6, 6.07) is -0.343. The normalized spacial score (nSPS) is 10.1. The minimum Gasteiger partial charge on any atom is -0.337 e. The number of carbonyl (C=O) groups is 1. The topological polar surface area (TPSA) is 96.0 Å². The highest BCUT2D eigenvalue weighted by Gasteiger charge is 2.02. The number of H-pyrrole nitrogens is 1. The molecule has 0 spiro atoms. The first-order valence-corrected chi connectivity index (χ1v) is 5.96. The number of aromatic amines is 1. The van der Waals surface area contributed by atoms with Gasteiger partial charge in [0, 0.05) is 37.3 Å².